The molecule has 0 bridgehead atoms. The number of pyridine rings is 1. The molecule has 1 amide bonds. The van der Waals surface area contributed by atoms with Gasteiger partial charge >= 0.3 is 6.18 Å². The molecule has 2 saturated heterocycles. The third kappa shape index (κ3) is 5.25. The average molecular weight is 510 g/mol. The van der Waals surface area contributed by atoms with Crippen LogP contribution < -0.4 is 15.1 Å². The third-order valence-electron chi connectivity index (χ3n) is 7.17. The first-order valence-corrected chi connectivity index (χ1v) is 12.3. The topological polar surface area (TPSA) is 51.7 Å². The fourth-order valence-electron chi connectivity index (χ4n) is 5.36. The van der Waals surface area contributed by atoms with Crippen LogP contribution in [0.4, 0.5) is 44.8 Å². The molecule has 0 spiro atoms. The first kappa shape index (κ1) is 24.7. The van der Waals surface area contributed by atoms with Crippen molar-refractivity contribution in [3.05, 3.63) is 41.6 Å². The summed E-state index contributed by atoms with van der Waals surface area (Å²) in [6, 6.07) is 4.28. The molecule has 6 nitrogen and oxygen atoms in total. The van der Waals surface area contributed by atoms with Crippen LogP contribution in [-0.4, -0.2) is 54.7 Å². The number of anilines is 4. The lowest BCUT2D eigenvalue weighted by molar-refractivity contribution is -0.149. The highest BCUT2D eigenvalue weighted by Gasteiger charge is 2.36. The number of aromatic nitrogens is 1. The van der Waals surface area contributed by atoms with Gasteiger partial charge in [-0.05, 0) is 57.3 Å². The lowest BCUT2D eigenvalue weighted by Crippen LogP contribution is -2.45. The molecule has 0 atom stereocenters. The van der Waals surface area contributed by atoms with E-state index in [-0.39, 0.29) is 38.4 Å². The van der Waals surface area contributed by atoms with Crippen molar-refractivity contribution in [1.82, 2.24) is 9.88 Å². The van der Waals surface area contributed by atoms with E-state index >= 15 is 4.39 Å². The predicted molar refractivity (Wildman–Crippen MR) is 126 cm³/mol. The van der Waals surface area contributed by atoms with Gasteiger partial charge in [-0.15, -0.1) is 0 Å². The Hall–Kier alpha value is -2.95. The number of nitrogens with zero attached hydrogens (tertiary/aromatic N) is 4. The Morgan fingerprint density at radius 3 is 2.42 bits per heavy atom. The summed E-state index contributed by atoms with van der Waals surface area (Å²) in [4.78, 5) is 22.6. The van der Waals surface area contributed by atoms with E-state index in [0.29, 0.717) is 41.5 Å². The van der Waals surface area contributed by atoms with Crippen molar-refractivity contribution in [3.63, 3.8) is 0 Å². The SMILES string of the molecule is O=C(C1CCN(CC(F)(F)F)CC1)N1Cc2cc(F)cnc2Nc2cc(F)c(N3CCCCC3)cc21. The van der Waals surface area contributed by atoms with Gasteiger partial charge in [-0.1, -0.05) is 0 Å². The van der Waals surface area contributed by atoms with Crippen molar-refractivity contribution in [2.75, 3.05) is 47.8 Å². The number of hydrogen-bond acceptors (Lipinski definition) is 5. The number of piperidine rings is 2. The monoisotopic (exact) mass is 509 g/mol. The highest BCUT2D eigenvalue weighted by atomic mass is 19.4. The largest absolute Gasteiger partial charge is 0.401 e. The fourth-order valence-corrected chi connectivity index (χ4v) is 5.36. The van der Waals surface area contributed by atoms with Crippen LogP contribution in [0.3, 0.4) is 0 Å². The maximum absolute atomic E-state index is 15.2. The van der Waals surface area contributed by atoms with Crippen LogP contribution in [-0.2, 0) is 11.3 Å². The highest BCUT2D eigenvalue weighted by Crippen LogP contribution is 2.41. The van der Waals surface area contributed by atoms with Crippen LogP contribution in [0.1, 0.15) is 37.7 Å². The van der Waals surface area contributed by atoms with Gasteiger partial charge in [-0.2, -0.15) is 13.2 Å². The van der Waals surface area contributed by atoms with E-state index in [9.17, 15) is 22.4 Å². The number of fused-ring (bicyclic) bond motifs is 2. The van der Waals surface area contributed by atoms with Crippen LogP contribution in [0, 0.1) is 17.6 Å². The molecule has 0 aliphatic carbocycles. The smallest absolute Gasteiger partial charge is 0.369 e. The maximum atomic E-state index is 15.2. The van der Waals surface area contributed by atoms with Crippen LogP contribution in [0.5, 0.6) is 0 Å². The van der Waals surface area contributed by atoms with E-state index in [2.05, 4.69) is 10.3 Å². The molecule has 1 N–H and O–H groups in total. The standard InChI is InChI=1S/C25H28F5N5O/c26-18-10-17-14-35(24(36)16-4-8-33(9-5-16)15-25(28,29)30)22-12-21(34-6-2-1-3-7-34)19(27)11-20(22)32-23(17)31-13-18/h10-13,16H,1-9,14-15H2,(H,31,32). The summed E-state index contributed by atoms with van der Waals surface area (Å²) in [6.45, 7) is 0.756. The molecule has 0 unspecified atom stereocenters. The number of carbonyl (C=O) groups excluding carboxylic acids is 1. The maximum Gasteiger partial charge on any atom is 0.401 e. The number of rotatable bonds is 3. The minimum absolute atomic E-state index is 0.0206. The van der Waals surface area contributed by atoms with Crippen molar-refractivity contribution in [2.24, 2.45) is 5.92 Å². The Kier molecular flexibility index (Phi) is 6.76. The molecule has 4 heterocycles. The Labute approximate surface area is 206 Å². The van der Waals surface area contributed by atoms with Crippen molar-refractivity contribution in [3.8, 4) is 0 Å². The number of likely N-dealkylation sites (tertiary alicyclic amines) is 1. The molecule has 3 aliphatic rings. The second-order valence-corrected chi connectivity index (χ2v) is 9.74. The number of benzene rings is 1. The Morgan fingerprint density at radius 1 is 1.00 bits per heavy atom. The zero-order valence-electron chi connectivity index (χ0n) is 19.8. The molecular weight excluding hydrogens is 481 g/mol. The van der Waals surface area contributed by atoms with E-state index < -0.39 is 30.3 Å². The average Bonchev–Trinajstić information content (AvgIpc) is 2.99. The van der Waals surface area contributed by atoms with Gasteiger partial charge in [0.05, 0.1) is 36.3 Å². The van der Waals surface area contributed by atoms with Gasteiger partial charge in [-0.3, -0.25) is 9.69 Å². The highest BCUT2D eigenvalue weighted by molar-refractivity contribution is 6.00. The van der Waals surface area contributed by atoms with Crippen LogP contribution in [0.25, 0.3) is 0 Å². The molecule has 1 aromatic carbocycles. The zero-order valence-corrected chi connectivity index (χ0v) is 19.8. The number of carbonyl (C=O) groups is 1. The van der Waals surface area contributed by atoms with Crippen molar-refractivity contribution < 1.29 is 26.7 Å². The molecule has 3 aliphatic heterocycles. The Bertz CT molecular complexity index is 1130. The minimum atomic E-state index is -4.29. The van der Waals surface area contributed by atoms with E-state index in [0.717, 1.165) is 25.5 Å². The fraction of sp³-hybridized carbons (Fsp3) is 0.520. The van der Waals surface area contributed by atoms with Crippen LogP contribution in [0.15, 0.2) is 24.4 Å². The number of halogens is 5. The number of alkyl halides is 3. The molecule has 194 valence electrons. The molecule has 0 radical (unpaired) electrons. The van der Waals surface area contributed by atoms with Crippen molar-refractivity contribution in [1.29, 1.82) is 0 Å². The molecule has 11 heteroatoms. The zero-order chi connectivity index (χ0) is 25.4. The van der Waals surface area contributed by atoms with E-state index in [4.69, 9.17) is 0 Å². The van der Waals surface area contributed by atoms with Gasteiger partial charge in [0.25, 0.3) is 0 Å². The number of hydrogen-bond donors (Lipinski definition) is 1. The van der Waals surface area contributed by atoms with Crippen LogP contribution >= 0.6 is 0 Å². The molecule has 36 heavy (non-hydrogen) atoms. The molecule has 1 aromatic heterocycles. The predicted octanol–water partition coefficient (Wildman–Crippen LogP) is 5.21. The first-order valence-electron chi connectivity index (χ1n) is 12.3. The number of nitrogens with one attached hydrogen (secondary N) is 1. The van der Waals surface area contributed by atoms with Crippen molar-refractivity contribution >= 4 is 28.8 Å². The lowest BCUT2D eigenvalue weighted by atomic mass is 9.94. The molecule has 5 rings (SSSR count). The van der Waals surface area contributed by atoms with Crippen LogP contribution in [0.2, 0.25) is 0 Å². The van der Waals surface area contributed by atoms with E-state index in [1.54, 1.807) is 6.07 Å². The lowest BCUT2D eigenvalue weighted by Gasteiger charge is -2.35. The Morgan fingerprint density at radius 2 is 1.72 bits per heavy atom. The summed E-state index contributed by atoms with van der Waals surface area (Å²) < 4.78 is 67.7. The summed E-state index contributed by atoms with van der Waals surface area (Å²) in [7, 11) is 0. The van der Waals surface area contributed by atoms with E-state index in [1.807, 2.05) is 4.90 Å². The second kappa shape index (κ2) is 9.84. The molecular formula is C25H28F5N5O. The first-order chi connectivity index (χ1) is 17.2. The van der Waals surface area contributed by atoms with Crippen molar-refractivity contribution in [2.45, 2.75) is 44.8 Å². The van der Waals surface area contributed by atoms with Gasteiger partial charge in [0.2, 0.25) is 5.91 Å². The van der Waals surface area contributed by atoms with Gasteiger partial charge < -0.3 is 15.1 Å². The van der Waals surface area contributed by atoms with E-state index in [1.165, 1.54) is 21.9 Å². The van der Waals surface area contributed by atoms with Gasteiger partial charge in [0.1, 0.15) is 17.5 Å². The summed E-state index contributed by atoms with van der Waals surface area (Å²) >= 11 is 0. The quantitative estimate of drug-likeness (QED) is 0.576. The van der Waals surface area contributed by atoms with Gasteiger partial charge in [-0.25, -0.2) is 13.8 Å². The third-order valence-corrected chi connectivity index (χ3v) is 7.17. The normalized spacial score (nSPS) is 19.4. The summed E-state index contributed by atoms with van der Waals surface area (Å²) in [5.41, 5.74) is 1.64. The molecule has 2 fully saturated rings. The Balaban J connectivity index is 1.47. The minimum Gasteiger partial charge on any atom is -0.369 e. The summed E-state index contributed by atoms with van der Waals surface area (Å²) in [5.74, 6) is -1.42. The molecule has 2 aromatic rings. The number of amides is 1. The van der Waals surface area contributed by atoms with Gasteiger partial charge in [0, 0.05) is 30.6 Å². The second-order valence-electron chi connectivity index (χ2n) is 9.74. The van der Waals surface area contributed by atoms with Gasteiger partial charge in [0.15, 0.2) is 0 Å². The summed E-state index contributed by atoms with van der Waals surface area (Å²) in [5, 5.41) is 3.06. The molecule has 0 saturated carbocycles. The summed E-state index contributed by atoms with van der Waals surface area (Å²) in [6.07, 6.45) is 0.297.